The van der Waals surface area contributed by atoms with Crippen molar-refractivity contribution in [2.45, 2.75) is 57.7 Å². The van der Waals surface area contributed by atoms with Gasteiger partial charge in [0.15, 0.2) is 0 Å². The Hall–Kier alpha value is -2.99. The smallest absolute Gasteiger partial charge is 0.326 e. The number of carboxylic acids is 1. The van der Waals surface area contributed by atoms with Crippen molar-refractivity contribution >= 4 is 23.7 Å². The van der Waals surface area contributed by atoms with Crippen LogP contribution in [-0.2, 0) is 25.6 Å². The molecular weight excluding hydrogens is 406 g/mol. The molecule has 12 heteroatoms. The molecular formula is C19H33N7O5. The van der Waals surface area contributed by atoms with Gasteiger partial charge in [0.2, 0.25) is 17.7 Å². The van der Waals surface area contributed by atoms with Gasteiger partial charge in [-0.25, -0.2) is 9.78 Å². The maximum Gasteiger partial charge on any atom is 0.326 e. The SMILES string of the molecule is CC(C)C(NC(=O)C(N)Cc1cnc[nH]1)C(=O)NCC(=O)NC(CCCCN)C(=O)O. The van der Waals surface area contributed by atoms with Crippen LogP contribution in [0.1, 0.15) is 38.8 Å². The zero-order chi connectivity index (χ0) is 23.4. The number of nitrogens with two attached hydrogens (primary N) is 2. The van der Waals surface area contributed by atoms with E-state index in [1.807, 2.05) is 0 Å². The third-order valence-electron chi connectivity index (χ3n) is 4.58. The summed E-state index contributed by atoms with van der Waals surface area (Å²) < 4.78 is 0. The second-order valence-electron chi connectivity index (χ2n) is 7.58. The zero-order valence-corrected chi connectivity index (χ0v) is 17.9. The molecule has 0 radical (unpaired) electrons. The molecule has 1 rings (SSSR count). The summed E-state index contributed by atoms with van der Waals surface area (Å²) in [6.45, 7) is 3.49. The predicted molar refractivity (Wildman–Crippen MR) is 113 cm³/mol. The number of nitrogens with one attached hydrogen (secondary N) is 4. The number of aliphatic carboxylic acids is 1. The fraction of sp³-hybridized carbons (Fsp3) is 0.632. The van der Waals surface area contributed by atoms with Crippen LogP contribution in [0.25, 0.3) is 0 Å². The fourth-order valence-corrected chi connectivity index (χ4v) is 2.79. The molecule has 0 bridgehead atoms. The number of unbranched alkanes of at least 4 members (excludes halogenated alkanes) is 1. The first-order chi connectivity index (χ1) is 14.6. The summed E-state index contributed by atoms with van der Waals surface area (Å²) in [4.78, 5) is 54.9. The average Bonchev–Trinajstić information content (AvgIpc) is 3.21. The van der Waals surface area contributed by atoms with Gasteiger partial charge in [0, 0.05) is 18.3 Å². The van der Waals surface area contributed by atoms with Crippen molar-refractivity contribution in [1.82, 2.24) is 25.9 Å². The molecule has 0 aliphatic rings. The molecule has 3 amide bonds. The molecule has 1 heterocycles. The summed E-state index contributed by atoms with van der Waals surface area (Å²) in [6, 6.07) is -2.85. The van der Waals surface area contributed by atoms with Gasteiger partial charge in [-0.15, -0.1) is 0 Å². The van der Waals surface area contributed by atoms with E-state index in [0.717, 1.165) is 0 Å². The number of aromatic nitrogens is 2. The topological polar surface area (TPSA) is 205 Å². The minimum atomic E-state index is -1.16. The Balaban J connectivity index is 2.55. The Morgan fingerprint density at radius 3 is 2.42 bits per heavy atom. The minimum absolute atomic E-state index is 0.224. The van der Waals surface area contributed by atoms with Gasteiger partial charge in [-0.3, -0.25) is 14.4 Å². The molecule has 0 saturated heterocycles. The van der Waals surface area contributed by atoms with E-state index in [0.29, 0.717) is 25.1 Å². The molecule has 0 aliphatic carbocycles. The Morgan fingerprint density at radius 1 is 1.16 bits per heavy atom. The van der Waals surface area contributed by atoms with Crippen molar-refractivity contribution in [2.75, 3.05) is 13.1 Å². The molecule has 1 aromatic heterocycles. The first kappa shape index (κ1) is 26.0. The lowest BCUT2D eigenvalue weighted by Gasteiger charge is -2.23. The highest BCUT2D eigenvalue weighted by Crippen LogP contribution is 2.04. The molecule has 0 saturated carbocycles. The Labute approximate surface area is 180 Å². The van der Waals surface area contributed by atoms with Gasteiger partial charge < -0.3 is 37.5 Å². The maximum atomic E-state index is 12.5. The third-order valence-corrected chi connectivity index (χ3v) is 4.58. The second kappa shape index (κ2) is 13.3. The van der Waals surface area contributed by atoms with E-state index in [1.54, 1.807) is 20.0 Å². The summed E-state index contributed by atoms with van der Waals surface area (Å²) in [7, 11) is 0. The number of amides is 3. The molecule has 0 spiro atoms. The van der Waals surface area contributed by atoms with E-state index in [2.05, 4.69) is 25.9 Å². The molecule has 31 heavy (non-hydrogen) atoms. The molecule has 0 aliphatic heterocycles. The summed E-state index contributed by atoms with van der Waals surface area (Å²) in [5.41, 5.74) is 12.0. The summed E-state index contributed by atoms with van der Waals surface area (Å²) in [5.74, 6) is -3.15. The van der Waals surface area contributed by atoms with Gasteiger partial charge >= 0.3 is 5.97 Å². The van der Waals surface area contributed by atoms with Crippen molar-refractivity contribution in [3.8, 4) is 0 Å². The van der Waals surface area contributed by atoms with E-state index in [9.17, 15) is 24.3 Å². The van der Waals surface area contributed by atoms with Crippen LogP contribution in [0.3, 0.4) is 0 Å². The highest BCUT2D eigenvalue weighted by atomic mass is 16.4. The monoisotopic (exact) mass is 439 g/mol. The first-order valence-electron chi connectivity index (χ1n) is 10.2. The molecule has 0 fully saturated rings. The van der Waals surface area contributed by atoms with Crippen molar-refractivity contribution in [1.29, 1.82) is 0 Å². The second-order valence-corrected chi connectivity index (χ2v) is 7.58. The quantitative estimate of drug-likeness (QED) is 0.165. The van der Waals surface area contributed by atoms with Crippen LogP contribution in [-0.4, -0.2) is 70.0 Å². The number of carbonyl (C=O) groups is 4. The standard InChI is InChI=1S/C19H33N7O5/c1-11(2)16(26-17(28)13(21)7-12-8-22-10-24-12)18(29)23-9-15(27)25-14(19(30)31)5-3-4-6-20/h8,10-11,13-14,16H,3-7,9,20-21H2,1-2H3,(H,22,24)(H,23,29)(H,25,27)(H,26,28)(H,30,31). The highest BCUT2D eigenvalue weighted by Gasteiger charge is 2.27. The third kappa shape index (κ3) is 9.57. The van der Waals surface area contributed by atoms with E-state index >= 15 is 0 Å². The number of nitrogens with zero attached hydrogens (tertiary/aromatic N) is 1. The fourth-order valence-electron chi connectivity index (χ4n) is 2.79. The van der Waals surface area contributed by atoms with Crippen LogP contribution in [0.15, 0.2) is 12.5 Å². The van der Waals surface area contributed by atoms with Gasteiger partial charge in [-0.1, -0.05) is 13.8 Å². The molecule has 3 unspecified atom stereocenters. The molecule has 1 aromatic rings. The largest absolute Gasteiger partial charge is 0.480 e. The van der Waals surface area contributed by atoms with Crippen molar-refractivity contribution < 1.29 is 24.3 Å². The van der Waals surface area contributed by atoms with Crippen LogP contribution in [0.2, 0.25) is 0 Å². The number of carboxylic acid groups (broad SMARTS) is 1. The van der Waals surface area contributed by atoms with Gasteiger partial charge in [0.05, 0.1) is 18.9 Å². The number of aromatic amines is 1. The van der Waals surface area contributed by atoms with Crippen molar-refractivity contribution in [2.24, 2.45) is 17.4 Å². The van der Waals surface area contributed by atoms with E-state index < -0.39 is 48.4 Å². The highest BCUT2D eigenvalue weighted by molar-refractivity contribution is 5.92. The van der Waals surface area contributed by atoms with Crippen molar-refractivity contribution in [3.05, 3.63) is 18.2 Å². The lowest BCUT2D eigenvalue weighted by molar-refractivity contribution is -0.142. The average molecular weight is 440 g/mol. The number of hydrogen-bond donors (Lipinski definition) is 7. The number of hydrogen-bond acceptors (Lipinski definition) is 7. The minimum Gasteiger partial charge on any atom is -0.480 e. The Kier molecular flexibility index (Phi) is 11.2. The number of H-pyrrole nitrogens is 1. The van der Waals surface area contributed by atoms with E-state index in [1.165, 1.54) is 6.33 Å². The molecule has 174 valence electrons. The maximum absolute atomic E-state index is 12.5. The van der Waals surface area contributed by atoms with Crippen LogP contribution in [0.5, 0.6) is 0 Å². The van der Waals surface area contributed by atoms with E-state index in [-0.39, 0.29) is 18.8 Å². The van der Waals surface area contributed by atoms with Gasteiger partial charge in [-0.2, -0.15) is 0 Å². The number of imidazole rings is 1. The van der Waals surface area contributed by atoms with Crippen LogP contribution >= 0.6 is 0 Å². The first-order valence-corrected chi connectivity index (χ1v) is 10.2. The van der Waals surface area contributed by atoms with Crippen LogP contribution in [0.4, 0.5) is 0 Å². The zero-order valence-electron chi connectivity index (χ0n) is 17.9. The molecule has 0 aromatic carbocycles. The molecule has 9 N–H and O–H groups in total. The molecule has 3 atom stereocenters. The van der Waals surface area contributed by atoms with E-state index in [4.69, 9.17) is 11.5 Å². The van der Waals surface area contributed by atoms with Crippen LogP contribution in [0, 0.1) is 5.92 Å². The van der Waals surface area contributed by atoms with Crippen molar-refractivity contribution in [3.63, 3.8) is 0 Å². The molecule has 12 nitrogen and oxygen atoms in total. The summed E-state index contributed by atoms with van der Waals surface area (Å²) >= 11 is 0. The lowest BCUT2D eigenvalue weighted by atomic mass is 10.0. The summed E-state index contributed by atoms with van der Waals surface area (Å²) in [6.07, 6.45) is 4.70. The number of rotatable bonds is 14. The Morgan fingerprint density at radius 2 is 1.87 bits per heavy atom. The lowest BCUT2D eigenvalue weighted by Crippen LogP contribution is -2.55. The number of carbonyl (C=O) groups excluding carboxylic acids is 3. The van der Waals surface area contributed by atoms with Gasteiger partial charge in [-0.05, 0) is 31.7 Å². The van der Waals surface area contributed by atoms with Crippen LogP contribution < -0.4 is 27.4 Å². The normalized spacial score (nSPS) is 13.8. The Bertz CT molecular complexity index is 723. The predicted octanol–water partition coefficient (Wildman–Crippen LogP) is -1.77. The van der Waals surface area contributed by atoms with Gasteiger partial charge in [0.1, 0.15) is 12.1 Å². The summed E-state index contributed by atoms with van der Waals surface area (Å²) in [5, 5.41) is 16.6. The van der Waals surface area contributed by atoms with Gasteiger partial charge in [0.25, 0.3) is 0 Å².